The first-order chi connectivity index (χ1) is 15.5. The molecule has 0 unspecified atom stereocenters. The minimum Gasteiger partial charge on any atom is -0.504 e. The van der Waals surface area contributed by atoms with Crippen molar-refractivity contribution in [3.63, 3.8) is 0 Å². The van der Waals surface area contributed by atoms with Crippen molar-refractivity contribution in [1.29, 1.82) is 0 Å². The number of rotatable bonds is 5. The average molecular weight is 459 g/mol. The summed E-state index contributed by atoms with van der Waals surface area (Å²) in [6, 6.07) is 11.3. The molecule has 0 heterocycles. The van der Waals surface area contributed by atoms with Gasteiger partial charge in [-0.2, -0.15) is 13.2 Å². The molecule has 1 aliphatic carbocycles. The minimum absolute atomic E-state index is 0.0534. The van der Waals surface area contributed by atoms with E-state index in [0.29, 0.717) is 30.4 Å². The lowest BCUT2D eigenvalue weighted by Crippen LogP contribution is -2.27. The number of carbonyl (C=O) groups is 1. The van der Waals surface area contributed by atoms with Gasteiger partial charge in [-0.25, -0.2) is 4.39 Å². The molecule has 0 atom stereocenters. The highest BCUT2D eigenvalue weighted by molar-refractivity contribution is 6.02. The van der Waals surface area contributed by atoms with Gasteiger partial charge in [0.1, 0.15) is 5.82 Å². The fraction of sp³-hybridized carbons (Fsp3) is 0.240. The Morgan fingerprint density at radius 1 is 1.00 bits per heavy atom. The third-order valence-corrected chi connectivity index (χ3v) is 6.04. The number of amides is 1. The molecular formula is C25H21F4NO3. The topological polar surface area (TPSA) is 69.6 Å². The number of phenols is 2. The van der Waals surface area contributed by atoms with E-state index in [1.807, 2.05) is 0 Å². The number of halogens is 4. The molecule has 3 aromatic rings. The second-order valence-electron chi connectivity index (χ2n) is 8.16. The fourth-order valence-corrected chi connectivity index (χ4v) is 3.95. The van der Waals surface area contributed by atoms with Gasteiger partial charge in [0.15, 0.2) is 11.5 Å². The molecule has 0 spiro atoms. The first-order valence-electron chi connectivity index (χ1n) is 10.4. The summed E-state index contributed by atoms with van der Waals surface area (Å²) in [4.78, 5) is 13.0. The average Bonchev–Trinajstić information content (AvgIpc) is 3.57. The fourth-order valence-electron chi connectivity index (χ4n) is 3.95. The Labute approximate surface area is 187 Å². The van der Waals surface area contributed by atoms with E-state index < -0.39 is 28.9 Å². The van der Waals surface area contributed by atoms with Gasteiger partial charge < -0.3 is 15.5 Å². The maximum absolute atomic E-state index is 14.3. The van der Waals surface area contributed by atoms with Crippen LogP contribution in [0, 0.1) is 5.82 Å². The van der Waals surface area contributed by atoms with Gasteiger partial charge in [0.25, 0.3) is 0 Å². The molecule has 0 aromatic heterocycles. The highest BCUT2D eigenvalue weighted by Gasteiger charge is 2.51. The predicted octanol–water partition coefficient (Wildman–Crippen LogP) is 6.16. The number of aromatic hydroxyl groups is 2. The van der Waals surface area contributed by atoms with Crippen LogP contribution in [0.2, 0.25) is 0 Å². The van der Waals surface area contributed by atoms with Crippen LogP contribution >= 0.6 is 0 Å². The Bertz CT molecular complexity index is 1230. The maximum Gasteiger partial charge on any atom is 0.417 e. The van der Waals surface area contributed by atoms with Crippen molar-refractivity contribution in [3.8, 4) is 22.6 Å². The van der Waals surface area contributed by atoms with E-state index in [1.54, 1.807) is 6.92 Å². The van der Waals surface area contributed by atoms with E-state index in [2.05, 4.69) is 5.32 Å². The van der Waals surface area contributed by atoms with E-state index in [0.717, 1.165) is 18.2 Å². The van der Waals surface area contributed by atoms with E-state index in [4.69, 9.17) is 0 Å². The van der Waals surface area contributed by atoms with Gasteiger partial charge in [-0.3, -0.25) is 4.79 Å². The first kappa shape index (κ1) is 22.6. The Kier molecular flexibility index (Phi) is 5.56. The van der Waals surface area contributed by atoms with Crippen LogP contribution in [0.4, 0.5) is 23.2 Å². The summed E-state index contributed by atoms with van der Waals surface area (Å²) in [5.74, 6) is -1.71. The Morgan fingerprint density at radius 2 is 1.73 bits per heavy atom. The number of anilines is 1. The molecule has 1 fully saturated rings. The van der Waals surface area contributed by atoms with E-state index in [9.17, 15) is 32.6 Å². The largest absolute Gasteiger partial charge is 0.504 e. The molecule has 172 valence electrons. The summed E-state index contributed by atoms with van der Waals surface area (Å²) < 4.78 is 55.2. The van der Waals surface area contributed by atoms with Crippen molar-refractivity contribution in [2.45, 2.75) is 37.8 Å². The van der Waals surface area contributed by atoms with Crippen molar-refractivity contribution < 1.29 is 32.6 Å². The van der Waals surface area contributed by atoms with Gasteiger partial charge in [-0.05, 0) is 77.9 Å². The molecule has 1 saturated carbocycles. The number of nitrogens with one attached hydrogen (secondary N) is 1. The number of hydrogen-bond donors (Lipinski definition) is 3. The summed E-state index contributed by atoms with van der Waals surface area (Å²) in [5.41, 5.74) is -1.04. The quantitative estimate of drug-likeness (QED) is 0.316. The normalized spacial score (nSPS) is 14.7. The number of alkyl halides is 3. The second-order valence-corrected chi connectivity index (χ2v) is 8.16. The van der Waals surface area contributed by atoms with Crippen molar-refractivity contribution in [1.82, 2.24) is 0 Å². The standard InChI is InChI=1S/C25H21F4NO3/c1-2-14-3-4-15(11-20(14)26)18-13-17(6-7-19(18)25(27,28)29)30-23(33)24(9-10-24)16-5-8-21(31)22(32)12-16/h3-8,11-13,31-32H,2,9-10H2,1H3,(H,30,33). The van der Waals surface area contributed by atoms with Gasteiger partial charge in [0.05, 0.1) is 11.0 Å². The van der Waals surface area contributed by atoms with Gasteiger partial charge >= 0.3 is 6.18 Å². The lowest BCUT2D eigenvalue weighted by molar-refractivity contribution is -0.137. The third-order valence-electron chi connectivity index (χ3n) is 6.04. The Hall–Kier alpha value is -3.55. The molecule has 8 heteroatoms. The van der Waals surface area contributed by atoms with Crippen LogP contribution in [0.3, 0.4) is 0 Å². The lowest BCUT2D eigenvalue weighted by atomic mass is 9.93. The van der Waals surface area contributed by atoms with Gasteiger partial charge in [0, 0.05) is 5.69 Å². The number of benzene rings is 3. The zero-order chi connectivity index (χ0) is 24.0. The Morgan fingerprint density at radius 3 is 2.30 bits per heavy atom. The molecule has 1 amide bonds. The number of hydrogen-bond acceptors (Lipinski definition) is 3. The molecule has 4 nitrogen and oxygen atoms in total. The summed E-state index contributed by atoms with van der Waals surface area (Å²) in [6.45, 7) is 1.75. The van der Waals surface area contributed by atoms with Gasteiger partial charge in [-0.15, -0.1) is 0 Å². The molecule has 1 aliphatic rings. The van der Waals surface area contributed by atoms with Gasteiger partial charge in [0.2, 0.25) is 5.91 Å². The van der Waals surface area contributed by atoms with E-state index in [1.165, 1.54) is 36.4 Å². The second kappa shape index (κ2) is 8.10. The Balaban J connectivity index is 1.69. The molecule has 0 aliphatic heterocycles. The molecule has 3 N–H and O–H groups in total. The SMILES string of the molecule is CCc1ccc(-c2cc(NC(=O)C3(c4ccc(O)c(O)c4)CC3)ccc2C(F)(F)F)cc1F. The smallest absolute Gasteiger partial charge is 0.417 e. The van der Waals surface area contributed by atoms with Crippen LogP contribution in [0.1, 0.15) is 36.5 Å². The summed E-state index contributed by atoms with van der Waals surface area (Å²) >= 11 is 0. The third kappa shape index (κ3) is 4.25. The van der Waals surface area contributed by atoms with Crippen LogP contribution < -0.4 is 5.32 Å². The summed E-state index contributed by atoms with van der Waals surface area (Å²) in [6.07, 6.45) is -3.29. The molecule has 4 rings (SSSR count). The highest BCUT2D eigenvalue weighted by Crippen LogP contribution is 2.50. The lowest BCUT2D eigenvalue weighted by Gasteiger charge is -2.19. The van der Waals surface area contributed by atoms with Crippen molar-refractivity contribution in [2.24, 2.45) is 0 Å². The molecule has 33 heavy (non-hydrogen) atoms. The first-order valence-corrected chi connectivity index (χ1v) is 10.4. The van der Waals surface area contributed by atoms with Crippen LogP contribution in [-0.4, -0.2) is 16.1 Å². The van der Waals surface area contributed by atoms with Crippen molar-refractivity contribution >= 4 is 11.6 Å². The number of phenolic OH excluding ortho intramolecular Hbond substituents is 2. The highest BCUT2D eigenvalue weighted by atomic mass is 19.4. The van der Waals surface area contributed by atoms with Crippen LogP contribution in [0.15, 0.2) is 54.6 Å². The monoisotopic (exact) mass is 459 g/mol. The zero-order valence-electron chi connectivity index (χ0n) is 17.6. The summed E-state index contributed by atoms with van der Waals surface area (Å²) in [7, 11) is 0. The molecule has 3 aromatic carbocycles. The van der Waals surface area contributed by atoms with Crippen LogP contribution in [0.25, 0.3) is 11.1 Å². The van der Waals surface area contributed by atoms with E-state index in [-0.39, 0.29) is 28.3 Å². The minimum atomic E-state index is -4.67. The van der Waals surface area contributed by atoms with E-state index >= 15 is 0 Å². The molecule has 0 radical (unpaired) electrons. The maximum atomic E-state index is 14.3. The summed E-state index contributed by atoms with van der Waals surface area (Å²) in [5, 5.41) is 21.9. The number of carbonyl (C=O) groups excluding carboxylic acids is 1. The number of aryl methyl sites for hydroxylation is 1. The van der Waals surface area contributed by atoms with Crippen LogP contribution in [0.5, 0.6) is 11.5 Å². The molecular weight excluding hydrogens is 438 g/mol. The molecule has 0 saturated heterocycles. The van der Waals surface area contributed by atoms with Gasteiger partial charge in [-0.1, -0.05) is 25.1 Å². The van der Waals surface area contributed by atoms with Crippen molar-refractivity contribution in [3.05, 3.63) is 77.1 Å². The zero-order valence-corrected chi connectivity index (χ0v) is 17.6. The predicted molar refractivity (Wildman–Crippen MR) is 116 cm³/mol. The van der Waals surface area contributed by atoms with Crippen molar-refractivity contribution in [2.75, 3.05) is 5.32 Å². The van der Waals surface area contributed by atoms with Crippen LogP contribution in [-0.2, 0) is 22.8 Å². The molecule has 0 bridgehead atoms.